The molecule has 0 saturated heterocycles. The Morgan fingerprint density at radius 2 is 1.31 bits per heavy atom. The molecule has 6 N–H and O–H groups in total. The van der Waals surface area contributed by atoms with Crippen LogP contribution in [0.4, 0.5) is 0 Å². The quantitative estimate of drug-likeness (QED) is 0.332. The first kappa shape index (κ1) is 24.5. The van der Waals surface area contributed by atoms with Gasteiger partial charge in [0.15, 0.2) is 0 Å². The van der Waals surface area contributed by atoms with Crippen LogP contribution in [0.3, 0.4) is 0 Å². The summed E-state index contributed by atoms with van der Waals surface area (Å²) in [6.07, 6.45) is 0.315. The van der Waals surface area contributed by atoms with Gasteiger partial charge in [0.05, 0.1) is 12.6 Å². The smallest absolute Gasteiger partial charge is 0.326 e. The molecule has 170 valence electrons. The maximum Gasteiger partial charge on any atom is 0.326 e. The van der Waals surface area contributed by atoms with Gasteiger partial charge in [-0.25, -0.2) is 4.79 Å². The van der Waals surface area contributed by atoms with Gasteiger partial charge in [-0.2, -0.15) is 0 Å². The lowest BCUT2D eigenvalue weighted by atomic mass is 10.0. The van der Waals surface area contributed by atoms with Crippen molar-refractivity contribution in [2.24, 2.45) is 5.73 Å². The maximum absolute atomic E-state index is 12.7. The van der Waals surface area contributed by atoms with Crippen molar-refractivity contribution in [3.63, 3.8) is 0 Å². The van der Waals surface area contributed by atoms with E-state index >= 15 is 0 Å². The lowest BCUT2D eigenvalue weighted by Crippen LogP contribution is -2.54. The van der Waals surface area contributed by atoms with Crippen LogP contribution in [0, 0.1) is 0 Å². The fraction of sp³-hybridized carbons (Fsp3) is 0.304. The largest absolute Gasteiger partial charge is 0.480 e. The van der Waals surface area contributed by atoms with Gasteiger partial charge in [-0.05, 0) is 18.1 Å². The average molecular weight is 441 g/mol. The first-order chi connectivity index (χ1) is 15.3. The molecule has 0 bridgehead atoms. The van der Waals surface area contributed by atoms with E-state index in [4.69, 9.17) is 5.73 Å². The topological polar surface area (TPSA) is 151 Å². The molecule has 3 unspecified atom stereocenters. The van der Waals surface area contributed by atoms with Gasteiger partial charge in [-0.3, -0.25) is 14.4 Å². The molecule has 0 fully saturated rings. The van der Waals surface area contributed by atoms with Gasteiger partial charge >= 0.3 is 5.97 Å². The Balaban J connectivity index is 1.96. The number of nitrogens with two attached hydrogens (primary N) is 1. The van der Waals surface area contributed by atoms with E-state index in [0.29, 0.717) is 0 Å². The number of carbonyl (C=O) groups excluding carboxylic acids is 3. The van der Waals surface area contributed by atoms with Crippen molar-refractivity contribution in [3.8, 4) is 0 Å². The highest BCUT2D eigenvalue weighted by atomic mass is 16.4. The van der Waals surface area contributed by atoms with E-state index in [1.807, 2.05) is 36.4 Å². The highest BCUT2D eigenvalue weighted by molar-refractivity contribution is 5.92. The number of carboxylic acid groups (broad SMARTS) is 1. The summed E-state index contributed by atoms with van der Waals surface area (Å²) in [7, 11) is 0. The van der Waals surface area contributed by atoms with Gasteiger partial charge in [0, 0.05) is 12.8 Å². The molecule has 2 rings (SSSR count). The Labute approximate surface area is 186 Å². The minimum Gasteiger partial charge on any atom is -0.480 e. The molecule has 32 heavy (non-hydrogen) atoms. The van der Waals surface area contributed by atoms with Crippen LogP contribution in [0.25, 0.3) is 0 Å². The third kappa shape index (κ3) is 8.19. The maximum atomic E-state index is 12.7. The first-order valence-electron chi connectivity index (χ1n) is 10.2. The number of benzene rings is 2. The van der Waals surface area contributed by atoms with E-state index < -0.39 is 48.4 Å². The van der Waals surface area contributed by atoms with Crippen molar-refractivity contribution in [1.82, 2.24) is 16.0 Å². The molecule has 0 heterocycles. The minimum absolute atomic E-state index is 0.108. The van der Waals surface area contributed by atoms with E-state index in [9.17, 15) is 24.3 Å². The van der Waals surface area contributed by atoms with Gasteiger partial charge in [-0.1, -0.05) is 60.7 Å². The van der Waals surface area contributed by atoms with Crippen LogP contribution < -0.4 is 21.7 Å². The lowest BCUT2D eigenvalue weighted by molar-refractivity contribution is -0.141. The van der Waals surface area contributed by atoms with E-state index in [1.54, 1.807) is 24.3 Å². The Morgan fingerprint density at radius 3 is 1.78 bits per heavy atom. The monoisotopic (exact) mass is 440 g/mol. The summed E-state index contributed by atoms with van der Waals surface area (Å²) in [6.45, 7) is 1.07. The van der Waals surface area contributed by atoms with Crippen molar-refractivity contribution >= 4 is 23.7 Å². The summed E-state index contributed by atoms with van der Waals surface area (Å²) >= 11 is 0. The lowest BCUT2D eigenvalue weighted by Gasteiger charge is -2.20. The molecule has 0 aromatic heterocycles. The molecule has 2 aromatic carbocycles. The predicted molar refractivity (Wildman–Crippen MR) is 118 cm³/mol. The number of amides is 3. The van der Waals surface area contributed by atoms with Crippen molar-refractivity contribution in [3.05, 3.63) is 71.8 Å². The highest BCUT2D eigenvalue weighted by Crippen LogP contribution is 2.05. The van der Waals surface area contributed by atoms with Crippen LogP contribution >= 0.6 is 0 Å². The standard InChI is InChI=1S/C23H28N4O5/c1-15(24)21(29)27-18(12-16-8-4-2-5-9-16)22(30)25-14-20(28)26-19(23(31)32)13-17-10-6-3-7-11-17/h2-11,15,18-19H,12-14,24H2,1H3,(H,25,30)(H,26,28)(H,27,29)(H,31,32). The Hall–Kier alpha value is -3.72. The van der Waals surface area contributed by atoms with Crippen molar-refractivity contribution in [1.29, 1.82) is 0 Å². The SMILES string of the molecule is CC(N)C(=O)NC(Cc1ccccc1)C(=O)NCC(=O)NC(Cc1ccccc1)C(=O)O. The van der Waals surface area contributed by atoms with Crippen molar-refractivity contribution < 1.29 is 24.3 Å². The molecule has 0 aliphatic heterocycles. The molecule has 9 heteroatoms. The minimum atomic E-state index is -1.18. The van der Waals surface area contributed by atoms with E-state index in [-0.39, 0.29) is 12.8 Å². The fourth-order valence-corrected chi connectivity index (χ4v) is 2.95. The molecule has 2 aromatic rings. The van der Waals surface area contributed by atoms with Crippen LogP contribution in [-0.4, -0.2) is 53.5 Å². The summed E-state index contributed by atoms with van der Waals surface area (Å²) in [5.41, 5.74) is 7.15. The average Bonchev–Trinajstić information content (AvgIpc) is 2.77. The zero-order chi connectivity index (χ0) is 23.5. The zero-order valence-electron chi connectivity index (χ0n) is 17.8. The normalized spacial score (nSPS) is 13.3. The molecule has 3 amide bonds. The highest BCUT2D eigenvalue weighted by Gasteiger charge is 2.24. The first-order valence-corrected chi connectivity index (χ1v) is 10.2. The molecule has 9 nitrogen and oxygen atoms in total. The van der Waals surface area contributed by atoms with Crippen molar-refractivity contribution in [2.45, 2.75) is 37.9 Å². The van der Waals surface area contributed by atoms with Gasteiger partial charge in [0.1, 0.15) is 12.1 Å². The van der Waals surface area contributed by atoms with Gasteiger partial charge < -0.3 is 26.8 Å². The second-order valence-corrected chi connectivity index (χ2v) is 7.41. The third-order valence-corrected chi connectivity index (χ3v) is 4.67. The Bertz CT molecular complexity index is 918. The molecule has 0 radical (unpaired) electrons. The Morgan fingerprint density at radius 1 is 0.812 bits per heavy atom. The third-order valence-electron chi connectivity index (χ3n) is 4.67. The van der Waals surface area contributed by atoms with E-state index in [2.05, 4.69) is 16.0 Å². The number of hydrogen-bond donors (Lipinski definition) is 5. The van der Waals surface area contributed by atoms with E-state index in [0.717, 1.165) is 11.1 Å². The summed E-state index contributed by atoms with van der Waals surface area (Å²) in [6, 6.07) is 15.1. The van der Waals surface area contributed by atoms with Crippen LogP contribution in [0.2, 0.25) is 0 Å². The molecule has 0 saturated carbocycles. The molecule has 0 aliphatic carbocycles. The second-order valence-electron chi connectivity index (χ2n) is 7.41. The van der Waals surface area contributed by atoms with Gasteiger partial charge in [0.2, 0.25) is 17.7 Å². The number of aliphatic carboxylic acids is 1. The Kier molecular flexibility index (Phi) is 9.37. The zero-order valence-corrected chi connectivity index (χ0v) is 17.8. The molecule has 3 atom stereocenters. The summed E-state index contributed by atoms with van der Waals surface area (Å²) < 4.78 is 0. The van der Waals surface area contributed by atoms with Crippen molar-refractivity contribution in [2.75, 3.05) is 6.54 Å². The second kappa shape index (κ2) is 12.2. The summed E-state index contributed by atoms with van der Waals surface area (Å²) in [5, 5.41) is 16.8. The summed E-state index contributed by atoms with van der Waals surface area (Å²) in [4.78, 5) is 48.5. The number of rotatable bonds is 11. The fourth-order valence-electron chi connectivity index (χ4n) is 2.95. The van der Waals surface area contributed by atoms with Gasteiger partial charge in [0.25, 0.3) is 0 Å². The predicted octanol–water partition coefficient (Wildman–Crippen LogP) is -0.0106. The number of carbonyl (C=O) groups is 4. The molecular formula is C23H28N4O5. The number of nitrogens with one attached hydrogen (secondary N) is 3. The number of hydrogen-bond acceptors (Lipinski definition) is 5. The van der Waals surface area contributed by atoms with E-state index in [1.165, 1.54) is 6.92 Å². The van der Waals surface area contributed by atoms with Crippen LogP contribution in [0.1, 0.15) is 18.1 Å². The van der Waals surface area contributed by atoms with Crippen LogP contribution in [0.5, 0.6) is 0 Å². The van der Waals surface area contributed by atoms with Gasteiger partial charge in [-0.15, -0.1) is 0 Å². The van der Waals surface area contributed by atoms with Crippen LogP contribution in [0.15, 0.2) is 60.7 Å². The van der Waals surface area contributed by atoms with Crippen LogP contribution in [-0.2, 0) is 32.0 Å². The molecule has 0 aliphatic rings. The molecule has 0 spiro atoms. The molecular weight excluding hydrogens is 412 g/mol. The number of carboxylic acids is 1. The summed E-state index contributed by atoms with van der Waals surface area (Å²) in [5.74, 6) is -2.91.